The molecule has 0 unspecified atom stereocenters. The quantitative estimate of drug-likeness (QED) is 0.379. The van der Waals surface area contributed by atoms with Crippen molar-refractivity contribution >= 4 is 28.2 Å². The molecule has 5 aromatic rings. The van der Waals surface area contributed by atoms with Crippen molar-refractivity contribution in [3.05, 3.63) is 83.3 Å². The lowest BCUT2D eigenvalue weighted by Gasteiger charge is -2.26. The fraction of sp³-hybridized carbons (Fsp3) is 0.286. The summed E-state index contributed by atoms with van der Waals surface area (Å²) < 4.78 is 3.83. The van der Waals surface area contributed by atoms with E-state index in [4.69, 9.17) is 9.97 Å². The van der Waals surface area contributed by atoms with Crippen LogP contribution < -0.4 is 5.32 Å². The Balaban J connectivity index is 1.30. The molecule has 0 amide bonds. The van der Waals surface area contributed by atoms with Crippen LogP contribution in [-0.4, -0.2) is 35.2 Å². The number of rotatable bonds is 4. The Bertz CT molecular complexity index is 1620. The summed E-state index contributed by atoms with van der Waals surface area (Å²) in [4.78, 5) is 14.5. The monoisotopic (exact) mass is 461 g/mol. The SMILES string of the molecule is CC(C)c1cnn2c(N[C@@H]3CCC4=C(C3)c3ccccc3C4)nc(-n3cnc4ccccc43)nc12. The van der Waals surface area contributed by atoms with Gasteiger partial charge in [0.2, 0.25) is 11.9 Å². The van der Waals surface area contributed by atoms with Gasteiger partial charge in [0.25, 0.3) is 0 Å². The maximum atomic E-state index is 4.98. The van der Waals surface area contributed by atoms with Crippen LogP contribution in [0.1, 0.15) is 55.7 Å². The Morgan fingerprint density at radius 3 is 2.80 bits per heavy atom. The predicted octanol–water partition coefficient (Wildman–Crippen LogP) is 5.56. The molecule has 7 heteroatoms. The third-order valence-electron chi connectivity index (χ3n) is 7.43. The minimum Gasteiger partial charge on any atom is -0.351 e. The number of anilines is 1. The lowest BCUT2D eigenvalue weighted by Crippen LogP contribution is -2.26. The van der Waals surface area contributed by atoms with Crippen LogP contribution in [0.15, 0.2) is 66.6 Å². The average molecular weight is 462 g/mol. The van der Waals surface area contributed by atoms with Crippen molar-refractivity contribution in [1.82, 2.24) is 29.1 Å². The van der Waals surface area contributed by atoms with Crippen LogP contribution in [0.25, 0.3) is 28.2 Å². The highest BCUT2D eigenvalue weighted by molar-refractivity contribution is 5.78. The Labute approximate surface area is 203 Å². The molecule has 0 bridgehead atoms. The second-order valence-corrected chi connectivity index (χ2v) is 9.94. The topological polar surface area (TPSA) is 72.9 Å². The minimum absolute atomic E-state index is 0.289. The van der Waals surface area contributed by atoms with E-state index in [1.54, 1.807) is 11.9 Å². The van der Waals surface area contributed by atoms with Gasteiger partial charge in [0.1, 0.15) is 6.33 Å². The second-order valence-electron chi connectivity index (χ2n) is 9.94. The number of aromatic nitrogens is 6. The van der Waals surface area contributed by atoms with E-state index in [-0.39, 0.29) is 6.04 Å². The van der Waals surface area contributed by atoms with Crippen molar-refractivity contribution < 1.29 is 0 Å². The van der Waals surface area contributed by atoms with Crippen molar-refractivity contribution in [3.8, 4) is 5.95 Å². The lowest BCUT2D eigenvalue weighted by atomic mass is 9.88. The van der Waals surface area contributed by atoms with Gasteiger partial charge in [-0.1, -0.05) is 55.8 Å². The highest BCUT2D eigenvalue weighted by Crippen LogP contribution is 2.42. The number of hydrogen-bond acceptors (Lipinski definition) is 5. The number of para-hydroxylation sites is 2. The van der Waals surface area contributed by atoms with Gasteiger partial charge in [0.05, 0.1) is 17.2 Å². The Kier molecular flexibility index (Phi) is 4.52. The van der Waals surface area contributed by atoms with Gasteiger partial charge in [0.15, 0.2) is 5.65 Å². The number of benzene rings is 2. The molecule has 7 rings (SSSR count). The summed E-state index contributed by atoms with van der Waals surface area (Å²) in [5.74, 6) is 1.65. The third kappa shape index (κ3) is 3.26. The van der Waals surface area contributed by atoms with E-state index in [2.05, 4.69) is 59.6 Å². The van der Waals surface area contributed by atoms with Gasteiger partial charge in [-0.15, -0.1) is 0 Å². The zero-order chi connectivity index (χ0) is 23.5. The largest absolute Gasteiger partial charge is 0.351 e. The molecule has 2 aliphatic rings. The fourth-order valence-corrected chi connectivity index (χ4v) is 5.60. The summed E-state index contributed by atoms with van der Waals surface area (Å²) in [6.07, 6.45) is 8.03. The van der Waals surface area contributed by atoms with Crippen molar-refractivity contribution in [3.63, 3.8) is 0 Å². The zero-order valence-electron chi connectivity index (χ0n) is 19.9. The van der Waals surface area contributed by atoms with E-state index in [1.165, 1.54) is 16.7 Å². The summed E-state index contributed by atoms with van der Waals surface area (Å²) >= 11 is 0. The molecule has 7 nitrogen and oxygen atoms in total. The first kappa shape index (κ1) is 20.4. The Morgan fingerprint density at radius 1 is 1.03 bits per heavy atom. The molecule has 0 spiro atoms. The van der Waals surface area contributed by atoms with E-state index < -0.39 is 0 Å². The van der Waals surface area contributed by atoms with Gasteiger partial charge in [-0.25, -0.2) is 4.98 Å². The number of nitrogens with one attached hydrogen (secondary N) is 1. The zero-order valence-corrected chi connectivity index (χ0v) is 19.9. The fourth-order valence-electron chi connectivity index (χ4n) is 5.60. The van der Waals surface area contributed by atoms with Crippen molar-refractivity contribution in [2.24, 2.45) is 0 Å². The van der Waals surface area contributed by atoms with E-state index >= 15 is 0 Å². The maximum absolute atomic E-state index is 4.98. The number of fused-ring (bicyclic) bond motifs is 4. The van der Waals surface area contributed by atoms with E-state index in [0.717, 1.165) is 53.9 Å². The summed E-state index contributed by atoms with van der Waals surface area (Å²) in [7, 11) is 0. The molecule has 1 atom stereocenters. The average Bonchev–Trinajstić information content (AvgIpc) is 3.59. The number of nitrogens with zero attached hydrogens (tertiary/aromatic N) is 6. The van der Waals surface area contributed by atoms with Crippen LogP contribution in [0.5, 0.6) is 0 Å². The van der Waals surface area contributed by atoms with Gasteiger partial charge >= 0.3 is 0 Å². The Hall–Kier alpha value is -4.00. The molecule has 1 N–H and O–H groups in total. The van der Waals surface area contributed by atoms with Gasteiger partial charge < -0.3 is 5.32 Å². The highest BCUT2D eigenvalue weighted by atomic mass is 15.4. The molecule has 3 heterocycles. The molecule has 35 heavy (non-hydrogen) atoms. The molecule has 0 saturated carbocycles. The molecular weight excluding hydrogens is 434 g/mol. The molecule has 174 valence electrons. The highest BCUT2D eigenvalue weighted by Gasteiger charge is 2.29. The van der Waals surface area contributed by atoms with Crippen LogP contribution in [0, 0.1) is 0 Å². The van der Waals surface area contributed by atoms with Gasteiger partial charge in [-0.05, 0) is 60.4 Å². The first-order valence-corrected chi connectivity index (χ1v) is 12.4. The molecule has 2 aromatic carbocycles. The number of allylic oxidation sites excluding steroid dienone is 1. The Morgan fingerprint density at radius 2 is 1.89 bits per heavy atom. The van der Waals surface area contributed by atoms with Crippen LogP contribution in [0.2, 0.25) is 0 Å². The summed E-state index contributed by atoms with van der Waals surface area (Å²) in [5, 5.41) is 8.44. The molecule has 0 aliphatic heterocycles. The molecule has 0 saturated heterocycles. The van der Waals surface area contributed by atoms with E-state index in [1.807, 2.05) is 33.5 Å². The van der Waals surface area contributed by atoms with Gasteiger partial charge in [-0.3, -0.25) is 4.57 Å². The van der Waals surface area contributed by atoms with Crippen LogP contribution in [0.3, 0.4) is 0 Å². The molecule has 2 aliphatic carbocycles. The number of imidazole rings is 1. The first-order valence-electron chi connectivity index (χ1n) is 12.4. The van der Waals surface area contributed by atoms with E-state index in [0.29, 0.717) is 11.9 Å². The van der Waals surface area contributed by atoms with Crippen LogP contribution >= 0.6 is 0 Å². The van der Waals surface area contributed by atoms with Crippen molar-refractivity contribution in [1.29, 1.82) is 0 Å². The standard InChI is InChI=1S/C28H27N7/c1-17(2)23-15-30-35-26(23)32-27(34-16-29-24-9-5-6-10-25(24)34)33-28(35)31-20-12-11-19-13-18-7-3-4-8-21(18)22(19)14-20/h3-10,15-17,20H,11-14H2,1-2H3,(H,31,32,33)/t20-/m1/s1. The maximum Gasteiger partial charge on any atom is 0.240 e. The number of hydrogen-bond donors (Lipinski definition) is 1. The van der Waals surface area contributed by atoms with Crippen molar-refractivity contribution in [2.75, 3.05) is 5.32 Å². The van der Waals surface area contributed by atoms with E-state index in [9.17, 15) is 0 Å². The summed E-state index contributed by atoms with van der Waals surface area (Å²) in [5.41, 5.74) is 9.87. The lowest BCUT2D eigenvalue weighted by molar-refractivity contribution is 0.624. The summed E-state index contributed by atoms with van der Waals surface area (Å²) in [6.45, 7) is 4.34. The smallest absolute Gasteiger partial charge is 0.240 e. The van der Waals surface area contributed by atoms with Gasteiger partial charge in [-0.2, -0.15) is 19.6 Å². The van der Waals surface area contributed by atoms with Crippen molar-refractivity contribution in [2.45, 2.75) is 51.5 Å². The second kappa shape index (κ2) is 7.77. The van der Waals surface area contributed by atoms with Crippen LogP contribution in [0.4, 0.5) is 5.95 Å². The summed E-state index contributed by atoms with van der Waals surface area (Å²) in [6, 6.07) is 17.2. The molecule has 0 radical (unpaired) electrons. The molecule has 3 aromatic heterocycles. The first-order chi connectivity index (χ1) is 17.2. The molecule has 0 fully saturated rings. The molecular formula is C28H27N7. The normalized spacial score (nSPS) is 17.4. The predicted molar refractivity (Wildman–Crippen MR) is 138 cm³/mol. The minimum atomic E-state index is 0.289. The van der Waals surface area contributed by atoms with Gasteiger partial charge in [0, 0.05) is 11.6 Å². The van der Waals surface area contributed by atoms with Crippen LogP contribution in [-0.2, 0) is 6.42 Å². The third-order valence-corrected chi connectivity index (χ3v) is 7.43.